The number of aryl methyl sites for hydroxylation is 3. The highest BCUT2D eigenvalue weighted by Crippen LogP contribution is 2.17. The molecule has 0 fully saturated rings. The predicted molar refractivity (Wildman–Crippen MR) is 101 cm³/mol. The van der Waals surface area contributed by atoms with Crippen LogP contribution in [0.3, 0.4) is 0 Å². The van der Waals surface area contributed by atoms with E-state index in [0.29, 0.717) is 18.8 Å². The number of carbonyl (C=O) groups excluding carboxylic acids is 1. The summed E-state index contributed by atoms with van der Waals surface area (Å²) in [6, 6.07) is 9.77. The summed E-state index contributed by atoms with van der Waals surface area (Å²) in [5, 5.41) is 17.1. The summed E-state index contributed by atoms with van der Waals surface area (Å²) in [7, 11) is 0. The molecule has 3 N–H and O–H groups in total. The molecule has 0 radical (unpaired) electrons. The van der Waals surface area contributed by atoms with Crippen molar-refractivity contribution in [3.05, 3.63) is 64.5 Å². The van der Waals surface area contributed by atoms with Crippen LogP contribution in [0.25, 0.3) is 11.0 Å². The molecule has 1 aromatic carbocycles. The van der Waals surface area contributed by atoms with Crippen molar-refractivity contribution in [3.63, 3.8) is 0 Å². The van der Waals surface area contributed by atoms with E-state index in [1.54, 1.807) is 6.07 Å². The minimum absolute atomic E-state index is 0.218. The highest BCUT2D eigenvalue weighted by Gasteiger charge is 2.14. The smallest absolute Gasteiger partial charge is 0.272 e. The van der Waals surface area contributed by atoms with E-state index in [9.17, 15) is 4.79 Å². The lowest BCUT2D eigenvalue weighted by Gasteiger charge is -2.04. The van der Waals surface area contributed by atoms with Gasteiger partial charge in [0.1, 0.15) is 11.5 Å². The van der Waals surface area contributed by atoms with E-state index in [0.717, 1.165) is 39.5 Å². The summed E-state index contributed by atoms with van der Waals surface area (Å²) >= 11 is 0. The number of nitrogens with zero attached hydrogens (tertiary/aromatic N) is 4. The maximum absolute atomic E-state index is 12.4. The van der Waals surface area contributed by atoms with Gasteiger partial charge in [-0.25, -0.2) is 4.98 Å². The van der Waals surface area contributed by atoms with Crippen molar-refractivity contribution >= 4 is 16.9 Å². The van der Waals surface area contributed by atoms with Crippen molar-refractivity contribution in [2.45, 2.75) is 33.9 Å². The molecule has 3 aromatic heterocycles. The molecule has 0 saturated heterocycles. The Kier molecular flexibility index (Phi) is 4.23. The molecule has 27 heavy (non-hydrogen) atoms. The SMILES string of the molecule is Cc1n[nH]c(C)c1CNC(=O)c1cc(Cn2c(C)nc3ccccc32)[nH]n1. The zero-order valence-corrected chi connectivity index (χ0v) is 15.5. The molecule has 4 aromatic rings. The molecule has 0 aliphatic heterocycles. The van der Waals surface area contributed by atoms with Gasteiger partial charge in [-0.2, -0.15) is 10.2 Å². The van der Waals surface area contributed by atoms with Gasteiger partial charge in [-0.15, -0.1) is 0 Å². The summed E-state index contributed by atoms with van der Waals surface area (Å²) < 4.78 is 2.10. The van der Waals surface area contributed by atoms with Gasteiger partial charge in [0.25, 0.3) is 5.91 Å². The first-order valence-electron chi connectivity index (χ1n) is 8.77. The van der Waals surface area contributed by atoms with Crippen LogP contribution in [0.5, 0.6) is 0 Å². The standard InChI is InChI=1S/C19H21N7O/c1-11-15(12(2)23-22-11)9-20-19(27)17-8-14(24-25-17)10-26-13(3)21-16-6-4-5-7-18(16)26/h4-8H,9-10H2,1-3H3,(H,20,27)(H,22,23)(H,24,25). The van der Waals surface area contributed by atoms with Gasteiger partial charge < -0.3 is 9.88 Å². The van der Waals surface area contributed by atoms with E-state index in [1.807, 2.05) is 45.0 Å². The van der Waals surface area contributed by atoms with Crippen LogP contribution in [0.15, 0.2) is 30.3 Å². The van der Waals surface area contributed by atoms with Gasteiger partial charge in [-0.1, -0.05) is 12.1 Å². The van der Waals surface area contributed by atoms with Gasteiger partial charge in [0.2, 0.25) is 0 Å². The van der Waals surface area contributed by atoms with Crippen LogP contribution in [-0.2, 0) is 13.1 Å². The molecule has 0 saturated carbocycles. The Morgan fingerprint density at radius 1 is 1.15 bits per heavy atom. The number of aromatic amines is 2. The quantitative estimate of drug-likeness (QED) is 0.506. The van der Waals surface area contributed by atoms with E-state index in [-0.39, 0.29) is 5.91 Å². The largest absolute Gasteiger partial charge is 0.346 e. The number of fused-ring (bicyclic) bond motifs is 1. The second kappa shape index (κ2) is 6.71. The normalized spacial score (nSPS) is 11.2. The molecule has 138 valence electrons. The lowest BCUT2D eigenvalue weighted by atomic mass is 10.2. The van der Waals surface area contributed by atoms with Crippen LogP contribution in [-0.4, -0.2) is 35.9 Å². The molecule has 0 spiro atoms. The molecule has 0 bridgehead atoms. The number of hydrogen-bond acceptors (Lipinski definition) is 4. The Morgan fingerprint density at radius 2 is 1.96 bits per heavy atom. The number of nitrogens with one attached hydrogen (secondary N) is 3. The molecular formula is C19H21N7O. The van der Waals surface area contributed by atoms with Crippen molar-refractivity contribution < 1.29 is 4.79 Å². The van der Waals surface area contributed by atoms with Crippen LogP contribution in [0.1, 0.15) is 39.0 Å². The predicted octanol–water partition coefficient (Wildman–Crippen LogP) is 2.39. The Labute approximate surface area is 156 Å². The number of rotatable bonds is 5. The van der Waals surface area contributed by atoms with Crippen molar-refractivity contribution in [1.29, 1.82) is 0 Å². The fourth-order valence-corrected chi connectivity index (χ4v) is 3.22. The third kappa shape index (κ3) is 3.21. The molecular weight excluding hydrogens is 342 g/mol. The molecule has 0 aliphatic carbocycles. The second-order valence-corrected chi connectivity index (χ2v) is 6.61. The first-order chi connectivity index (χ1) is 13.0. The van der Waals surface area contributed by atoms with Crippen molar-refractivity contribution in [1.82, 2.24) is 35.3 Å². The summed E-state index contributed by atoms with van der Waals surface area (Å²) in [6.45, 7) is 6.81. The van der Waals surface area contributed by atoms with Gasteiger partial charge in [0.05, 0.1) is 29.0 Å². The average molecular weight is 363 g/mol. The molecule has 0 aliphatic rings. The number of H-pyrrole nitrogens is 2. The fraction of sp³-hybridized carbons (Fsp3) is 0.263. The molecule has 0 unspecified atom stereocenters. The van der Waals surface area contributed by atoms with E-state index in [4.69, 9.17) is 0 Å². The van der Waals surface area contributed by atoms with Crippen LogP contribution in [0.4, 0.5) is 0 Å². The first kappa shape index (κ1) is 17.0. The van der Waals surface area contributed by atoms with Gasteiger partial charge in [-0.3, -0.25) is 15.0 Å². The van der Waals surface area contributed by atoms with Crippen molar-refractivity contribution in [2.24, 2.45) is 0 Å². The monoisotopic (exact) mass is 363 g/mol. The average Bonchev–Trinajstić information content (AvgIpc) is 3.33. The molecule has 0 atom stereocenters. The highest BCUT2D eigenvalue weighted by molar-refractivity contribution is 5.92. The van der Waals surface area contributed by atoms with Gasteiger partial charge in [-0.05, 0) is 39.0 Å². The summed E-state index contributed by atoms with van der Waals surface area (Å²) in [5.41, 5.74) is 6.07. The van der Waals surface area contributed by atoms with Crippen LogP contribution in [0.2, 0.25) is 0 Å². The summed E-state index contributed by atoms with van der Waals surface area (Å²) in [6.07, 6.45) is 0. The Morgan fingerprint density at radius 3 is 2.74 bits per heavy atom. The number of benzene rings is 1. The Balaban J connectivity index is 1.48. The molecule has 8 nitrogen and oxygen atoms in total. The molecule has 3 heterocycles. The zero-order chi connectivity index (χ0) is 19.0. The van der Waals surface area contributed by atoms with E-state index >= 15 is 0 Å². The van der Waals surface area contributed by atoms with E-state index in [1.165, 1.54) is 0 Å². The first-order valence-corrected chi connectivity index (χ1v) is 8.77. The summed E-state index contributed by atoms with van der Waals surface area (Å²) in [4.78, 5) is 17.0. The maximum atomic E-state index is 12.4. The number of aromatic nitrogens is 6. The van der Waals surface area contributed by atoms with Gasteiger partial charge in [0, 0.05) is 17.8 Å². The number of carbonyl (C=O) groups is 1. The highest BCUT2D eigenvalue weighted by atomic mass is 16.1. The summed E-state index contributed by atoms with van der Waals surface area (Å²) in [5.74, 6) is 0.701. The minimum atomic E-state index is -0.218. The molecule has 4 rings (SSSR count). The lowest BCUT2D eigenvalue weighted by molar-refractivity contribution is 0.0946. The second-order valence-electron chi connectivity index (χ2n) is 6.61. The van der Waals surface area contributed by atoms with Crippen molar-refractivity contribution in [3.8, 4) is 0 Å². The number of hydrogen-bond donors (Lipinski definition) is 3. The van der Waals surface area contributed by atoms with Crippen LogP contribution < -0.4 is 5.32 Å². The number of imidazole rings is 1. The van der Waals surface area contributed by atoms with Crippen LogP contribution >= 0.6 is 0 Å². The lowest BCUT2D eigenvalue weighted by Crippen LogP contribution is -2.23. The Hall–Kier alpha value is -3.42. The third-order valence-electron chi connectivity index (χ3n) is 4.74. The molecule has 1 amide bonds. The van der Waals surface area contributed by atoms with Crippen LogP contribution in [0, 0.1) is 20.8 Å². The minimum Gasteiger partial charge on any atom is -0.346 e. The zero-order valence-electron chi connectivity index (χ0n) is 15.5. The fourth-order valence-electron chi connectivity index (χ4n) is 3.22. The number of amides is 1. The Bertz CT molecular complexity index is 1100. The number of para-hydroxylation sites is 2. The van der Waals surface area contributed by atoms with Gasteiger partial charge in [0.15, 0.2) is 0 Å². The topological polar surface area (TPSA) is 104 Å². The van der Waals surface area contributed by atoms with Gasteiger partial charge >= 0.3 is 0 Å². The van der Waals surface area contributed by atoms with Crippen molar-refractivity contribution in [2.75, 3.05) is 0 Å². The maximum Gasteiger partial charge on any atom is 0.272 e. The third-order valence-corrected chi connectivity index (χ3v) is 4.74. The molecule has 8 heteroatoms. The van der Waals surface area contributed by atoms with E-state index < -0.39 is 0 Å². The van der Waals surface area contributed by atoms with E-state index in [2.05, 4.69) is 35.3 Å².